The molecule has 34 heavy (non-hydrogen) atoms. The van der Waals surface area contributed by atoms with Crippen LogP contribution in [0.5, 0.6) is 0 Å². The van der Waals surface area contributed by atoms with Gasteiger partial charge in [-0.3, -0.25) is 9.52 Å². The summed E-state index contributed by atoms with van der Waals surface area (Å²) >= 11 is 13.6. The molecule has 0 heterocycles. The third kappa shape index (κ3) is 6.66. The van der Waals surface area contributed by atoms with Crippen LogP contribution in [0.25, 0.3) is 0 Å². The van der Waals surface area contributed by atoms with Crippen LogP contribution in [-0.2, 0) is 15.8 Å². The summed E-state index contributed by atoms with van der Waals surface area (Å²) in [6.45, 7) is 3.96. The Balaban J connectivity index is 1.63. The van der Waals surface area contributed by atoms with E-state index in [9.17, 15) is 17.6 Å². The van der Waals surface area contributed by atoms with Crippen LogP contribution in [0.1, 0.15) is 27.0 Å². The summed E-state index contributed by atoms with van der Waals surface area (Å²) in [6, 6.07) is 14.0. The number of nitrogens with one attached hydrogen (secondary N) is 2. The maximum Gasteiger partial charge on any atom is 0.263 e. The summed E-state index contributed by atoms with van der Waals surface area (Å²) in [5.41, 5.74) is 2.68. The zero-order valence-corrected chi connectivity index (χ0v) is 21.6. The molecule has 180 valence electrons. The van der Waals surface area contributed by atoms with Crippen molar-refractivity contribution in [1.29, 1.82) is 0 Å². The standard InChI is InChI=1S/C24H23Cl2FN2O3S2/c1-15-6-7-16(2)22(12-15)29-34(31,32)23-13-17(8-9-20(23)26)24(30)28-10-11-33-14-18-19(25)4-3-5-21(18)27/h3-9,12-13,29H,10-11,14H2,1-2H3,(H,28,30). The SMILES string of the molecule is Cc1ccc(C)c(NS(=O)(=O)c2cc(C(=O)NCCSCc3c(F)cccc3Cl)ccc2Cl)c1. The maximum atomic E-state index is 13.8. The zero-order chi connectivity index (χ0) is 24.9. The highest BCUT2D eigenvalue weighted by Crippen LogP contribution is 2.27. The lowest BCUT2D eigenvalue weighted by molar-refractivity contribution is 0.0956. The van der Waals surface area contributed by atoms with E-state index in [0.29, 0.717) is 34.3 Å². The Morgan fingerprint density at radius 3 is 2.53 bits per heavy atom. The molecule has 0 bridgehead atoms. The smallest absolute Gasteiger partial charge is 0.263 e. The highest BCUT2D eigenvalue weighted by Gasteiger charge is 2.21. The molecule has 1 amide bonds. The van der Waals surface area contributed by atoms with Gasteiger partial charge in [-0.25, -0.2) is 12.8 Å². The second-order valence-electron chi connectivity index (χ2n) is 7.58. The Morgan fingerprint density at radius 1 is 1.03 bits per heavy atom. The number of amides is 1. The Kier molecular flexibility index (Phi) is 8.87. The van der Waals surface area contributed by atoms with E-state index < -0.39 is 15.9 Å². The van der Waals surface area contributed by atoms with E-state index in [1.54, 1.807) is 25.1 Å². The van der Waals surface area contributed by atoms with Gasteiger partial charge in [0, 0.05) is 34.2 Å². The molecule has 10 heteroatoms. The normalized spacial score (nSPS) is 11.3. The van der Waals surface area contributed by atoms with Crippen molar-refractivity contribution < 1.29 is 17.6 Å². The van der Waals surface area contributed by atoms with Gasteiger partial charge in [0.1, 0.15) is 10.7 Å². The fourth-order valence-corrected chi connectivity index (χ4v) is 5.93. The van der Waals surface area contributed by atoms with Crippen LogP contribution in [0.15, 0.2) is 59.5 Å². The molecule has 0 aromatic heterocycles. The van der Waals surface area contributed by atoms with Gasteiger partial charge in [0.05, 0.1) is 10.7 Å². The van der Waals surface area contributed by atoms with Crippen LogP contribution in [0.3, 0.4) is 0 Å². The Labute approximate surface area is 213 Å². The highest BCUT2D eigenvalue weighted by molar-refractivity contribution is 7.98. The van der Waals surface area contributed by atoms with Crippen molar-refractivity contribution in [1.82, 2.24) is 5.32 Å². The molecule has 0 unspecified atom stereocenters. The molecular formula is C24H23Cl2FN2O3S2. The second-order valence-corrected chi connectivity index (χ2v) is 11.1. The van der Waals surface area contributed by atoms with Crippen LogP contribution in [-0.4, -0.2) is 26.6 Å². The van der Waals surface area contributed by atoms with Gasteiger partial charge in [-0.1, -0.05) is 41.4 Å². The maximum absolute atomic E-state index is 13.8. The summed E-state index contributed by atoms with van der Waals surface area (Å²) < 4.78 is 42.3. The average Bonchev–Trinajstić information content (AvgIpc) is 2.77. The molecule has 3 aromatic rings. The van der Waals surface area contributed by atoms with Crippen LogP contribution < -0.4 is 10.0 Å². The lowest BCUT2D eigenvalue weighted by Gasteiger charge is -2.13. The number of halogens is 3. The lowest BCUT2D eigenvalue weighted by atomic mass is 10.1. The summed E-state index contributed by atoms with van der Waals surface area (Å²) in [7, 11) is -4.02. The molecule has 0 fully saturated rings. The number of sulfonamides is 1. The average molecular weight is 541 g/mol. The molecule has 0 radical (unpaired) electrons. The Hall–Kier alpha value is -2.26. The number of carbonyl (C=O) groups is 1. The fourth-order valence-electron chi connectivity index (χ4n) is 3.08. The molecule has 0 saturated heterocycles. The summed E-state index contributed by atoms with van der Waals surface area (Å²) in [5.74, 6) is 0.0794. The minimum absolute atomic E-state index is 0.00618. The van der Waals surface area contributed by atoms with Crippen LogP contribution >= 0.6 is 35.0 Å². The van der Waals surface area contributed by atoms with E-state index in [4.69, 9.17) is 23.2 Å². The van der Waals surface area contributed by atoms with Gasteiger partial charge in [-0.2, -0.15) is 11.8 Å². The number of carbonyl (C=O) groups excluding carboxylic acids is 1. The lowest BCUT2D eigenvalue weighted by Crippen LogP contribution is -2.26. The topological polar surface area (TPSA) is 75.3 Å². The van der Waals surface area contributed by atoms with Crippen molar-refractivity contribution in [2.24, 2.45) is 0 Å². The first-order chi connectivity index (χ1) is 16.1. The molecule has 0 aliphatic carbocycles. The Morgan fingerprint density at radius 2 is 1.79 bits per heavy atom. The molecule has 0 aliphatic heterocycles. The minimum Gasteiger partial charge on any atom is -0.351 e. The van der Waals surface area contributed by atoms with E-state index in [1.807, 2.05) is 19.1 Å². The number of anilines is 1. The predicted molar refractivity (Wildman–Crippen MR) is 138 cm³/mol. The number of rotatable bonds is 9. The van der Waals surface area contributed by atoms with Crippen LogP contribution in [0, 0.1) is 19.7 Å². The van der Waals surface area contributed by atoms with E-state index in [0.717, 1.165) is 11.1 Å². The van der Waals surface area contributed by atoms with E-state index in [1.165, 1.54) is 36.0 Å². The van der Waals surface area contributed by atoms with Crippen molar-refractivity contribution in [2.45, 2.75) is 24.5 Å². The van der Waals surface area contributed by atoms with E-state index >= 15 is 0 Å². The van der Waals surface area contributed by atoms with Gasteiger partial charge < -0.3 is 5.32 Å². The van der Waals surface area contributed by atoms with Crippen LogP contribution in [0.4, 0.5) is 10.1 Å². The fraction of sp³-hybridized carbons (Fsp3) is 0.208. The van der Waals surface area contributed by atoms with Gasteiger partial charge in [0.2, 0.25) is 0 Å². The van der Waals surface area contributed by atoms with Crippen molar-refractivity contribution in [2.75, 3.05) is 17.0 Å². The van der Waals surface area contributed by atoms with Gasteiger partial charge >= 0.3 is 0 Å². The number of benzene rings is 3. The number of thioether (sulfide) groups is 1. The summed E-state index contributed by atoms with van der Waals surface area (Å²) in [6.07, 6.45) is 0. The first-order valence-electron chi connectivity index (χ1n) is 10.3. The van der Waals surface area contributed by atoms with Crippen molar-refractivity contribution in [3.05, 3.63) is 92.7 Å². The van der Waals surface area contributed by atoms with Gasteiger partial charge in [-0.15, -0.1) is 0 Å². The van der Waals surface area contributed by atoms with Gasteiger partial charge in [0.15, 0.2) is 0 Å². The molecule has 3 aromatic carbocycles. The first kappa shape index (κ1) is 26.3. The van der Waals surface area contributed by atoms with Gasteiger partial charge in [0.25, 0.3) is 15.9 Å². The number of hydrogen-bond acceptors (Lipinski definition) is 4. The van der Waals surface area contributed by atoms with Crippen molar-refractivity contribution in [3.63, 3.8) is 0 Å². The summed E-state index contributed by atoms with van der Waals surface area (Å²) in [4.78, 5) is 12.4. The zero-order valence-electron chi connectivity index (χ0n) is 18.5. The molecule has 0 saturated carbocycles. The third-order valence-electron chi connectivity index (χ3n) is 4.96. The quantitative estimate of drug-likeness (QED) is 0.316. The molecule has 0 atom stereocenters. The monoisotopic (exact) mass is 540 g/mol. The first-order valence-corrected chi connectivity index (χ1v) is 13.7. The van der Waals surface area contributed by atoms with Crippen molar-refractivity contribution in [3.8, 4) is 0 Å². The molecular weight excluding hydrogens is 518 g/mol. The largest absolute Gasteiger partial charge is 0.351 e. The summed E-state index contributed by atoms with van der Waals surface area (Å²) in [5, 5.41) is 3.10. The molecule has 3 rings (SSSR count). The van der Waals surface area contributed by atoms with Crippen molar-refractivity contribution >= 4 is 56.6 Å². The Bertz CT molecular complexity index is 1300. The molecule has 0 aliphatic rings. The minimum atomic E-state index is -4.02. The highest BCUT2D eigenvalue weighted by atomic mass is 35.5. The third-order valence-corrected chi connectivity index (χ3v) is 8.15. The number of hydrogen-bond donors (Lipinski definition) is 2. The van der Waals surface area contributed by atoms with Gasteiger partial charge in [-0.05, 0) is 61.4 Å². The second kappa shape index (κ2) is 11.4. The number of aryl methyl sites for hydroxylation is 2. The predicted octanol–water partition coefficient (Wildman–Crippen LogP) is 6.21. The van der Waals surface area contributed by atoms with E-state index in [2.05, 4.69) is 10.0 Å². The molecule has 0 spiro atoms. The van der Waals surface area contributed by atoms with E-state index in [-0.39, 0.29) is 21.3 Å². The molecule has 2 N–H and O–H groups in total. The molecule has 5 nitrogen and oxygen atoms in total. The van der Waals surface area contributed by atoms with Crippen LogP contribution in [0.2, 0.25) is 10.0 Å².